The number of hydrogen-bond donors (Lipinski definition) is 3. The van der Waals surface area contributed by atoms with Crippen LogP contribution in [-0.4, -0.2) is 38.1 Å². The first-order valence-electron chi connectivity index (χ1n) is 11.3. The average Bonchev–Trinajstić information content (AvgIpc) is 3.56. The van der Waals surface area contributed by atoms with E-state index in [2.05, 4.69) is 23.9 Å². The fourth-order valence-corrected chi connectivity index (χ4v) is 4.90. The number of benzene rings is 2. The Morgan fingerprint density at radius 1 is 1.00 bits per heavy atom. The van der Waals surface area contributed by atoms with Crippen LogP contribution in [0.15, 0.2) is 41.3 Å². The number of anilines is 1. The minimum atomic E-state index is -5.08. The molecule has 3 rings (SSSR count). The lowest BCUT2D eigenvalue weighted by Gasteiger charge is -2.18. The number of alkyl halides is 3. The van der Waals surface area contributed by atoms with Gasteiger partial charge in [-0.15, -0.1) is 0 Å². The van der Waals surface area contributed by atoms with Crippen molar-refractivity contribution in [1.82, 2.24) is 5.32 Å². The number of aryl methyl sites for hydroxylation is 3. The maximum atomic E-state index is 12.9. The van der Waals surface area contributed by atoms with Gasteiger partial charge in [-0.05, 0) is 80.0 Å². The molecule has 11 heteroatoms. The molecule has 36 heavy (non-hydrogen) atoms. The van der Waals surface area contributed by atoms with Gasteiger partial charge in [-0.2, -0.15) is 13.2 Å². The summed E-state index contributed by atoms with van der Waals surface area (Å²) >= 11 is 0. The van der Waals surface area contributed by atoms with Crippen LogP contribution in [0.5, 0.6) is 0 Å². The number of nitrogens with one attached hydrogen (secondary N) is 2. The highest BCUT2D eigenvalue weighted by molar-refractivity contribution is 7.92. The van der Waals surface area contributed by atoms with E-state index < -0.39 is 27.6 Å². The Balaban J connectivity index is 0.000000572. The number of rotatable bonds is 7. The van der Waals surface area contributed by atoms with Gasteiger partial charge in [-0.25, -0.2) is 13.2 Å². The lowest BCUT2D eigenvalue weighted by molar-refractivity contribution is -0.192. The second-order valence-electron chi connectivity index (χ2n) is 9.37. The maximum Gasteiger partial charge on any atom is 0.490 e. The second-order valence-corrected chi connectivity index (χ2v) is 11.0. The highest BCUT2D eigenvalue weighted by atomic mass is 32.2. The molecule has 0 spiro atoms. The van der Waals surface area contributed by atoms with E-state index in [1.165, 1.54) is 0 Å². The van der Waals surface area contributed by atoms with Crippen molar-refractivity contribution < 1.29 is 36.3 Å². The smallest absolute Gasteiger partial charge is 0.475 e. The van der Waals surface area contributed by atoms with Crippen LogP contribution in [0.25, 0.3) is 0 Å². The van der Waals surface area contributed by atoms with Crippen LogP contribution in [-0.2, 0) is 25.0 Å². The van der Waals surface area contributed by atoms with E-state index in [1.54, 1.807) is 25.1 Å². The van der Waals surface area contributed by atoms with Crippen LogP contribution < -0.4 is 10.0 Å². The van der Waals surface area contributed by atoms with Crippen LogP contribution in [0.2, 0.25) is 0 Å². The number of sulfonamides is 1. The summed E-state index contributed by atoms with van der Waals surface area (Å²) in [5, 5.41) is 10.1. The van der Waals surface area contributed by atoms with Gasteiger partial charge in [0.05, 0.1) is 10.3 Å². The minimum absolute atomic E-state index is 0.0605. The average molecular weight is 529 g/mol. The number of carbonyl (C=O) groups is 2. The number of halogens is 3. The van der Waals surface area contributed by atoms with Crippen LogP contribution in [0.3, 0.4) is 0 Å². The van der Waals surface area contributed by atoms with Gasteiger partial charge in [0, 0.05) is 12.2 Å². The quantitative estimate of drug-likeness (QED) is 0.476. The standard InChI is InChI=1S/C23H30N2O3S.C2HF3O2/c1-15(2)14-24-22(26)23(10-11-23)19-6-8-20(9-7-19)25-29(27,28)21-13-17(4)16(3)12-18(21)5;3-2(4,5)1(6)7/h6-9,12-13,15,25H,10-11,14H2,1-5H3,(H,24,26);(H,6,7). The molecule has 1 aliphatic rings. The first kappa shape index (κ1) is 29.2. The molecule has 0 heterocycles. The lowest BCUT2D eigenvalue weighted by Crippen LogP contribution is -2.36. The van der Waals surface area contributed by atoms with E-state index in [1.807, 2.05) is 32.0 Å². The van der Waals surface area contributed by atoms with Gasteiger partial charge in [0.15, 0.2) is 0 Å². The van der Waals surface area contributed by atoms with Gasteiger partial charge in [0.2, 0.25) is 5.91 Å². The molecule has 198 valence electrons. The van der Waals surface area contributed by atoms with Crippen molar-refractivity contribution in [3.8, 4) is 0 Å². The predicted octanol–water partition coefficient (Wildman–Crippen LogP) is 4.85. The topological polar surface area (TPSA) is 113 Å². The molecule has 7 nitrogen and oxygen atoms in total. The van der Waals surface area contributed by atoms with E-state index in [0.717, 1.165) is 35.1 Å². The molecule has 1 aliphatic carbocycles. The van der Waals surface area contributed by atoms with E-state index in [-0.39, 0.29) is 10.8 Å². The van der Waals surface area contributed by atoms with Crippen molar-refractivity contribution in [1.29, 1.82) is 0 Å². The van der Waals surface area contributed by atoms with Crippen molar-refractivity contribution in [2.75, 3.05) is 11.3 Å². The summed E-state index contributed by atoms with van der Waals surface area (Å²) in [6.07, 6.45) is -3.44. The van der Waals surface area contributed by atoms with Crippen molar-refractivity contribution in [2.45, 2.75) is 63.9 Å². The summed E-state index contributed by atoms with van der Waals surface area (Å²) in [4.78, 5) is 21.8. The minimum Gasteiger partial charge on any atom is -0.475 e. The lowest BCUT2D eigenvalue weighted by atomic mass is 9.94. The van der Waals surface area contributed by atoms with Crippen molar-refractivity contribution in [3.63, 3.8) is 0 Å². The molecule has 0 bridgehead atoms. The summed E-state index contributed by atoms with van der Waals surface area (Å²) in [6, 6.07) is 10.8. The van der Waals surface area contributed by atoms with Crippen LogP contribution in [0.4, 0.5) is 18.9 Å². The van der Waals surface area contributed by atoms with E-state index in [4.69, 9.17) is 9.90 Å². The largest absolute Gasteiger partial charge is 0.490 e. The van der Waals surface area contributed by atoms with Crippen LogP contribution >= 0.6 is 0 Å². The second kappa shape index (κ2) is 10.9. The molecular formula is C25H31F3N2O5S. The third kappa shape index (κ3) is 7.22. The zero-order chi connectivity index (χ0) is 27.5. The summed E-state index contributed by atoms with van der Waals surface area (Å²) in [6.45, 7) is 10.5. The normalized spacial score (nSPS) is 14.5. The fourth-order valence-electron chi connectivity index (χ4n) is 3.53. The summed E-state index contributed by atoms with van der Waals surface area (Å²) in [7, 11) is -3.68. The Labute approximate surface area is 209 Å². The molecule has 1 fully saturated rings. The third-order valence-corrected chi connectivity index (χ3v) is 7.39. The molecule has 1 amide bonds. The Morgan fingerprint density at radius 3 is 1.94 bits per heavy atom. The monoisotopic (exact) mass is 528 g/mol. The molecule has 3 N–H and O–H groups in total. The predicted molar refractivity (Wildman–Crippen MR) is 130 cm³/mol. The molecule has 0 atom stereocenters. The molecule has 0 saturated heterocycles. The number of hydrogen-bond acceptors (Lipinski definition) is 4. The van der Waals surface area contributed by atoms with Gasteiger partial charge in [0.1, 0.15) is 0 Å². The number of carbonyl (C=O) groups excluding carboxylic acids is 1. The van der Waals surface area contributed by atoms with E-state index in [9.17, 15) is 26.4 Å². The number of amides is 1. The van der Waals surface area contributed by atoms with Crippen LogP contribution in [0, 0.1) is 26.7 Å². The fraction of sp³-hybridized carbons (Fsp3) is 0.440. The van der Waals surface area contributed by atoms with Gasteiger partial charge >= 0.3 is 12.1 Å². The van der Waals surface area contributed by atoms with Gasteiger partial charge in [-0.1, -0.05) is 32.0 Å². The molecule has 0 unspecified atom stereocenters. The summed E-state index contributed by atoms with van der Waals surface area (Å²) < 4.78 is 60.1. The third-order valence-electron chi connectivity index (χ3n) is 5.87. The van der Waals surface area contributed by atoms with Crippen LogP contribution in [0.1, 0.15) is 48.9 Å². The number of carboxylic acids is 1. The Kier molecular flexibility index (Phi) is 8.82. The molecule has 2 aromatic carbocycles. The highest BCUT2D eigenvalue weighted by Gasteiger charge is 2.51. The SMILES string of the molecule is Cc1cc(C)c(S(=O)(=O)Nc2ccc(C3(C(=O)NCC(C)C)CC3)cc2)cc1C.O=C(O)C(F)(F)F. The van der Waals surface area contributed by atoms with Crippen molar-refractivity contribution >= 4 is 27.6 Å². The molecule has 1 saturated carbocycles. The Morgan fingerprint density at radius 2 is 1.50 bits per heavy atom. The van der Waals surface area contributed by atoms with E-state index in [0.29, 0.717) is 18.2 Å². The molecule has 0 aliphatic heterocycles. The van der Waals surface area contributed by atoms with Gasteiger partial charge in [-0.3, -0.25) is 9.52 Å². The van der Waals surface area contributed by atoms with Gasteiger partial charge in [0.25, 0.3) is 10.0 Å². The first-order chi connectivity index (χ1) is 16.5. The zero-order valence-electron chi connectivity index (χ0n) is 20.8. The maximum absolute atomic E-state index is 12.9. The number of aliphatic carboxylic acids is 1. The number of carboxylic acid groups (broad SMARTS) is 1. The molecular weight excluding hydrogens is 497 g/mol. The molecule has 0 radical (unpaired) electrons. The van der Waals surface area contributed by atoms with E-state index >= 15 is 0 Å². The summed E-state index contributed by atoms with van der Waals surface area (Å²) in [5.74, 6) is -2.29. The zero-order valence-corrected chi connectivity index (χ0v) is 21.6. The molecule has 2 aromatic rings. The van der Waals surface area contributed by atoms with Crippen molar-refractivity contribution in [3.05, 3.63) is 58.7 Å². The highest BCUT2D eigenvalue weighted by Crippen LogP contribution is 2.48. The molecule has 0 aromatic heterocycles. The first-order valence-corrected chi connectivity index (χ1v) is 12.8. The van der Waals surface area contributed by atoms with Crippen molar-refractivity contribution in [2.24, 2.45) is 5.92 Å². The Hall–Kier alpha value is -3.08. The van der Waals surface area contributed by atoms with Gasteiger partial charge < -0.3 is 10.4 Å². The summed E-state index contributed by atoms with van der Waals surface area (Å²) in [5.41, 5.74) is 3.69. The Bertz CT molecular complexity index is 1220.